The predicted molar refractivity (Wildman–Crippen MR) is 65.1 cm³/mol. The van der Waals surface area contributed by atoms with E-state index in [1.54, 1.807) is 12.3 Å². The lowest BCUT2D eigenvalue weighted by molar-refractivity contribution is 0.843. The van der Waals surface area contributed by atoms with Gasteiger partial charge in [0, 0.05) is 18.4 Å². The molecule has 0 fully saturated rings. The lowest BCUT2D eigenvalue weighted by Gasteiger charge is -2.05. The SMILES string of the molecule is CSCCCCNc1ccnc(C#N)c1. The van der Waals surface area contributed by atoms with E-state index in [-0.39, 0.29) is 0 Å². The third-order valence-corrected chi connectivity index (χ3v) is 2.68. The summed E-state index contributed by atoms with van der Waals surface area (Å²) in [5, 5.41) is 11.9. The summed E-state index contributed by atoms with van der Waals surface area (Å²) in [4.78, 5) is 3.91. The highest BCUT2D eigenvalue weighted by Crippen LogP contribution is 2.07. The molecule has 1 N–H and O–H groups in total. The molecule has 0 atom stereocenters. The normalized spacial score (nSPS) is 9.60. The van der Waals surface area contributed by atoms with E-state index in [0.29, 0.717) is 5.69 Å². The van der Waals surface area contributed by atoms with Crippen LogP contribution in [0.25, 0.3) is 0 Å². The van der Waals surface area contributed by atoms with Crippen LogP contribution in [0, 0.1) is 11.3 Å². The number of unbranched alkanes of at least 4 members (excludes halogenated alkanes) is 1. The molecule has 15 heavy (non-hydrogen) atoms. The summed E-state index contributed by atoms with van der Waals surface area (Å²) < 4.78 is 0. The first-order valence-corrected chi connectivity index (χ1v) is 6.35. The van der Waals surface area contributed by atoms with Crippen molar-refractivity contribution < 1.29 is 0 Å². The van der Waals surface area contributed by atoms with Gasteiger partial charge in [0.05, 0.1) is 0 Å². The molecule has 1 rings (SSSR count). The van der Waals surface area contributed by atoms with Crippen molar-refractivity contribution in [1.29, 1.82) is 5.26 Å². The van der Waals surface area contributed by atoms with Crippen LogP contribution in [-0.4, -0.2) is 23.5 Å². The molecule has 0 unspecified atom stereocenters. The van der Waals surface area contributed by atoms with Gasteiger partial charge in [0.15, 0.2) is 0 Å². The molecular formula is C11H15N3S. The number of hydrogen-bond acceptors (Lipinski definition) is 4. The molecule has 4 heteroatoms. The molecule has 0 radical (unpaired) electrons. The van der Waals surface area contributed by atoms with Gasteiger partial charge in [-0.3, -0.25) is 0 Å². The van der Waals surface area contributed by atoms with Crippen LogP contribution < -0.4 is 5.32 Å². The molecule has 1 heterocycles. The van der Waals surface area contributed by atoms with Crippen LogP contribution in [0.1, 0.15) is 18.5 Å². The van der Waals surface area contributed by atoms with Crippen LogP contribution in [0.4, 0.5) is 5.69 Å². The van der Waals surface area contributed by atoms with E-state index in [1.165, 1.54) is 12.2 Å². The van der Waals surface area contributed by atoms with E-state index in [0.717, 1.165) is 18.7 Å². The molecule has 1 aromatic rings. The Morgan fingerprint density at radius 3 is 3.13 bits per heavy atom. The lowest BCUT2D eigenvalue weighted by Crippen LogP contribution is -2.02. The van der Waals surface area contributed by atoms with Crippen LogP contribution in [0.2, 0.25) is 0 Å². The molecule has 0 bridgehead atoms. The summed E-state index contributed by atoms with van der Waals surface area (Å²) >= 11 is 1.87. The summed E-state index contributed by atoms with van der Waals surface area (Å²) in [6.07, 6.45) is 6.16. The van der Waals surface area contributed by atoms with Gasteiger partial charge in [-0.25, -0.2) is 4.98 Å². The Bertz CT molecular complexity index is 333. The van der Waals surface area contributed by atoms with E-state index in [9.17, 15) is 0 Å². The molecule has 0 spiro atoms. The Labute approximate surface area is 94.9 Å². The van der Waals surface area contributed by atoms with Gasteiger partial charge >= 0.3 is 0 Å². The van der Waals surface area contributed by atoms with Crippen molar-refractivity contribution in [3.8, 4) is 6.07 Å². The zero-order chi connectivity index (χ0) is 10.9. The monoisotopic (exact) mass is 221 g/mol. The zero-order valence-electron chi connectivity index (χ0n) is 8.86. The Hall–Kier alpha value is -1.21. The zero-order valence-corrected chi connectivity index (χ0v) is 9.68. The number of rotatable bonds is 6. The number of hydrogen-bond donors (Lipinski definition) is 1. The largest absolute Gasteiger partial charge is 0.385 e. The topological polar surface area (TPSA) is 48.7 Å². The molecule has 1 aromatic heterocycles. The second-order valence-electron chi connectivity index (χ2n) is 3.17. The molecule has 0 aliphatic heterocycles. The quantitative estimate of drug-likeness (QED) is 0.750. The van der Waals surface area contributed by atoms with Gasteiger partial charge in [-0.15, -0.1) is 0 Å². The number of thioether (sulfide) groups is 1. The number of anilines is 1. The Balaban J connectivity index is 2.28. The van der Waals surface area contributed by atoms with Gasteiger partial charge in [0.1, 0.15) is 11.8 Å². The third-order valence-electron chi connectivity index (χ3n) is 1.98. The molecule has 3 nitrogen and oxygen atoms in total. The van der Waals surface area contributed by atoms with E-state index in [1.807, 2.05) is 23.9 Å². The maximum absolute atomic E-state index is 8.66. The van der Waals surface area contributed by atoms with Crippen LogP contribution in [-0.2, 0) is 0 Å². The molecule has 0 amide bonds. The van der Waals surface area contributed by atoms with E-state index in [4.69, 9.17) is 5.26 Å². The summed E-state index contributed by atoms with van der Waals surface area (Å²) in [7, 11) is 0. The molecule has 0 aromatic carbocycles. The third kappa shape index (κ3) is 4.71. The second kappa shape index (κ2) is 7.13. The molecule has 0 saturated heterocycles. The minimum Gasteiger partial charge on any atom is -0.385 e. The van der Waals surface area contributed by atoms with E-state index < -0.39 is 0 Å². The summed E-state index contributed by atoms with van der Waals surface area (Å²) in [6, 6.07) is 5.68. The highest BCUT2D eigenvalue weighted by Gasteiger charge is 1.95. The number of nitriles is 1. The summed E-state index contributed by atoms with van der Waals surface area (Å²) in [5.74, 6) is 1.21. The van der Waals surface area contributed by atoms with Gasteiger partial charge in [-0.1, -0.05) is 0 Å². The number of pyridine rings is 1. The van der Waals surface area contributed by atoms with Crippen molar-refractivity contribution in [1.82, 2.24) is 4.98 Å². The van der Waals surface area contributed by atoms with Crippen molar-refractivity contribution in [3.63, 3.8) is 0 Å². The average Bonchev–Trinajstić information content (AvgIpc) is 2.29. The van der Waals surface area contributed by atoms with Crippen molar-refractivity contribution in [2.24, 2.45) is 0 Å². The summed E-state index contributed by atoms with van der Waals surface area (Å²) in [5.41, 5.74) is 1.44. The van der Waals surface area contributed by atoms with E-state index >= 15 is 0 Å². The minimum atomic E-state index is 0.462. The van der Waals surface area contributed by atoms with Gasteiger partial charge in [-0.2, -0.15) is 17.0 Å². The first kappa shape index (κ1) is 11.9. The van der Waals surface area contributed by atoms with Gasteiger partial charge < -0.3 is 5.32 Å². The first-order valence-electron chi connectivity index (χ1n) is 4.96. The smallest absolute Gasteiger partial charge is 0.142 e. The van der Waals surface area contributed by atoms with Crippen LogP contribution in [0.5, 0.6) is 0 Å². The Kier molecular flexibility index (Phi) is 5.64. The molecular weight excluding hydrogens is 206 g/mol. The molecule has 0 aliphatic rings. The predicted octanol–water partition coefficient (Wildman–Crippen LogP) is 2.51. The highest BCUT2D eigenvalue weighted by atomic mass is 32.2. The fraction of sp³-hybridized carbons (Fsp3) is 0.455. The van der Waals surface area contributed by atoms with Crippen LogP contribution >= 0.6 is 11.8 Å². The van der Waals surface area contributed by atoms with Crippen molar-refractivity contribution in [2.75, 3.05) is 23.9 Å². The molecule has 0 saturated carbocycles. The highest BCUT2D eigenvalue weighted by molar-refractivity contribution is 7.98. The van der Waals surface area contributed by atoms with Crippen molar-refractivity contribution >= 4 is 17.4 Å². The maximum Gasteiger partial charge on any atom is 0.142 e. The second-order valence-corrected chi connectivity index (χ2v) is 4.15. The van der Waals surface area contributed by atoms with E-state index in [2.05, 4.69) is 16.6 Å². The number of aromatic nitrogens is 1. The van der Waals surface area contributed by atoms with Crippen molar-refractivity contribution in [2.45, 2.75) is 12.8 Å². The van der Waals surface area contributed by atoms with Crippen LogP contribution in [0.3, 0.4) is 0 Å². The average molecular weight is 221 g/mol. The van der Waals surface area contributed by atoms with Gasteiger partial charge in [-0.05, 0) is 37.0 Å². The van der Waals surface area contributed by atoms with Gasteiger partial charge in [0.25, 0.3) is 0 Å². The van der Waals surface area contributed by atoms with Gasteiger partial charge in [0.2, 0.25) is 0 Å². The lowest BCUT2D eigenvalue weighted by atomic mass is 10.3. The van der Waals surface area contributed by atoms with Crippen LogP contribution in [0.15, 0.2) is 18.3 Å². The number of nitrogens with zero attached hydrogens (tertiary/aromatic N) is 2. The fourth-order valence-corrected chi connectivity index (χ4v) is 1.70. The first-order chi connectivity index (χ1) is 7.36. The molecule has 0 aliphatic carbocycles. The molecule has 80 valence electrons. The minimum absolute atomic E-state index is 0.462. The maximum atomic E-state index is 8.66. The Morgan fingerprint density at radius 1 is 1.53 bits per heavy atom. The Morgan fingerprint density at radius 2 is 2.40 bits per heavy atom. The van der Waals surface area contributed by atoms with Crippen molar-refractivity contribution in [3.05, 3.63) is 24.0 Å². The standard InChI is InChI=1S/C11H15N3S/c1-15-7-3-2-5-13-10-4-6-14-11(8-10)9-12/h4,6,8H,2-3,5,7H2,1H3,(H,13,14). The fourth-order valence-electron chi connectivity index (χ4n) is 1.21. The number of nitrogens with one attached hydrogen (secondary N) is 1. The summed E-state index contributed by atoms with van der Waals surface area (Å²) in [6.45, 7) is 0.954.